The predicted molar refractivity (Wildman–Crippen MR) is 21.4 cm³/mol. The molecule has 0 aliphatic rings. The van der Waals surface area contributed by atoms with Crippen LogP contribution in [0.25, 0.3) is 0 Å². The van der Waals surface area contributed by atoms with E-state index in [2.05, 4.69) is 0 Å². The molecule has 0 aliphatic carbocycles. The quantitative estimate of drug-likeness (QED) is 0.449. The van der Waals surface area contributed by atoms with Crippen molar-refractivity contribution < 1.29 is 17.5 Å². The van der Waals surface area contributed by atoms with Gasteiger partial charge in [0.2, 0.25) is 0 Å². The van der Waals surface area contributed by atoms with Gasteiger partial charge in [0.15, 0.2) is 0 Å². The molecule has 0 fully saturated rings. The molecule has 6 heteroatoms. The Morgan fingerprint density at radius 1 is 1.17 bits per heavy atom. The number of halogens is 1. The van der Waals surface area contributed by atoms with Gasteiger partial charge in [0, 0.05) is 0 Å². The third-order valence-electron chi connectivity index (χ3n) is 0. The first-order chi connectivity index (χ1) is 2.00. The van der Waals surface area contributed by atoms with Crippen LogP contribution in [0.3, 0.4) is 0 Å². The molecule has 0 rings (SSSR count). The molecule has 0 aromatic carbocycles. The Bertz CT molecular complexity index is 90.7. The van der Waals surface area contributed by atoms with Gasteiger partial charge in [-0.25, -0.2) is 0 Å². The first-order valence-electron chi connectivity index (χ1n) is 0.698. The summed E-state index contributed by atoms with van der Waals surface area (Å²) in [6, 6.07) is 0. The summed E-state index contributed by atoms with van der Waals surface area (Å²) in [5, 5.41) is 0. The van der Waals surface area contributed by atoms with Crippen molar-refractivity contribution in [3.05, 3.63) is 0 Å². The zero-order valence-corrected chi connectivity index (χ0v) is 4.16. The van der Waals surface area contributed by atoms with Crippen molar-refractivity contribution in [2.75, 3.05) is 0 Å². The van der Waals surface area contributed by atoms with Crippen molar-refractivity contribution in [1.29, 1.82) is 0 Å². The van der Waals surface area contributed by atoms with E-state index in [1.807, 2.05) is 0 Å². The average Bonchev–Trinajstić information content (AvgIpc) is 0.722. The van der Waals surface area contributed by atoms with Crippen LogP contribution in [0.5, 0.6) is 0 Å². The average molecular weight is 135 g/mol. The van der Waals surface area contributed by atoms with Gasteiger partial charge in [0.05, 0.1) is 0 Å². The Morgan fingerprint density at radius 3 is 1.17 bits per heavy atom. The first kappa shape index (κ1) is 9.48. The fraction of sp³-hybridized carbons (Fsp3) is 0. The van der Waals surface area contributed by atoms with Crippen LogP contribution >= 0.6 is 12.4 Å². The third-order valence-corrected chi connectivity index (χ3v) is 0. The molecule has 0 saturated heterocycles. The van der Waals surface area contributed by atoms with Gasteiger partial charge in [-0.2, -0.15) is 8.42 Å². The molecule has 0 bridgehead atoms. The summed E-state index contributed by atoms with van der Waals surface area (Å²) >= 11 is 0. The van der Waals surface area contributed by atoms with Gasteiger partial charge in [-0.05, 0) is 0 Å². The zero-order chi connectivity index (χ0) is 4.50. The molecule has 0 unspecified atom stereocenters. The third kappa shape index (κ3) is 1620. The topological polar surface area (TPSA) is 74.6 Å². The monoisotopic (exact) mass is 134 g/mol. The van der Waals surface area contributed by atoms with E-state index in [4.69, 9.17) is 17.5 Å². The molecular weight excluding hydrogens is 132 g/mol. The molecule has 0 heterocycles. The Balaban J connectivity index is 0. The summed E-state index contributed by atoms with van der Waals surface area (Å²) in [5.41, 5.74) is 0. The molecule has 0 aliphatic heterocycles. The van der Waals surface area contributed by atoms with Gasteiger partial charge in [0.25, 0.3) is 0 Å². The molecular formula is H3ClO4S. The lowest BCUT2D eigenvalue weighted by Crippen LogP contribution is -1.89. The Morgan fingerprint density at radius 2 is 1.17 bits per heavy atom. The number of hydrogen-bond donors (Lipinski definition) is 2. The summed E-state index contributed by atoms with van der Waals surface area (Å²) < 4.78 is 31.6. The molecule has 0 aromatic heterocycles. The minimum Gasteiger partial charge on any atom is -0.264 e. The molecule has 0 spiro atoms. The van der Waals surface area contributed by atoms with Gasteiger partial charge in [-0.1, -0.05) is 0 Å². The van der Waals surface area contributed by atoms with Crippen molar-refractivity contribution >= 4 is 22.8 Å². The smallest absolute Gasteiger partial charge is 0.264 e. The highest BCUT2D eigenvalue weighted by molar-refractivity contribution is 7.79. The van der Waals surface area contributed by atoms with E-state index in [1.54, 1.807) is 0 Å². The van der Waals surface area contributed by atoms with Crippen molar-refractivity contribution in [1.82, 2.24) is 0 Å². The van der Waals surface area contributed by atoms with E-state index in [1.165, 1.54) is 0 Å². The Labute approximate surface area is 41.2 Å². The Hall–Kier alpha value is 0.160. The van der Waals surface area contributed by atoms with Crippen LogP contribution in [0.2, 0.25) is 0 Å². The first-order valence-corrected chi connectivity index (χ1v) is 2.10. The second-order valence-electron chi connectivity index (χ2n) is 0.448. The highest BCUT2D eigenvalue weighted by atomic mass is 35.5. The second kappa shape index (κ2) is 2.35. The number of hydrogen-bond acceptors (Lipinski definition) is 2. The van der Waals surface area contributed by atoms with E-state index in [0.29, 0.717) is 0 Å². The maximum Gasteiger partial charge on any atom is 0.394 e. The van der Waals surface area contributed by atoms with Crippen LogP contribution in [0.1, 0.15) is 0 Å². The van der Waals surface area contributed by atoms with E-state index in [0.717, 1.165) is 0 Å². The van der Waals surface area contributed by atoms with Gasteiger partial charge < -0.3 is 0 Å². The molecule has 2 N–H and O–H groups in total. The highest BCUT2D eigenvalue weighted by Crippen LogP contribution is 1.59. The fourth-order valence-corrected chi connectivity index (χ4v) is 0. The van der Waals surface area contributed by atoms with Crippen LogP contribution in [-0.4, -0.2) is 17.5 Å². The largest absolute Gasteiger partial charge is 0.394 e. The van der Waals surface area contributed by atoms with Crippen LogP contribution in [0, 0.1) is 0 Å². The van der Waals surface area contributed by atoms with Crippen molar-refractivity contribution in [3.63, 3.8) is 0 Å². The molecule has 0 amide bonds. The fourth-order valence-electron chi connectivity index (χ4n) is 0. The van der Waals surface area contributed by atoms with Gasteiger partial charge in [-0.15, -0.1) is 12.4 Å². The SMILES string of the molecule is Cl.O=S(=O)(O)O. The summed E-state index contributed by atoms with van der Waals surface area (Å²) in [7, 11) is -4.67. The molecule has 0 saturated carbocycles. The lowest BCUT2D eigenvalue weighted by Gasteiger charge is -1.68. The summed E-state index contributed by atoms with van der Waals surface area (Å²) in [4.78, 5) is 0. The van der Waals surface area contributed by atoms with E-state index in [9.17, 15) is 0 Å². The highest BCUT2D eigenvalue weighted by Gasteiger charge is 1.84. The minimum absolute atomic E-state index is 0. The minimum atomic E-state index is -4.67. The van der Waals surface area contributed by atoms with Crippen LogP contribution in [-0.2, 0) is 10.4 Å². The Kier molecular flexibility index (Phi) is 3.72. The van der Waals surface area contributed by atoms with Gasteiger partial charge >= 0.3 is 10.4 Å². The van der Waals surface area contributed by atoms with Crippen LogP contribution in [0.4, 0.5) is 0 Å². The standard InChI is InChI=1S/ClH.H2O4S/c;1-5(2,3)4/h1H;(H2,1,2,3,4). The molecule has 0 aromatic rings. The summed E-state index contributed by atoms with van der Waals surface area (Å²) in [5.74, 6) is 0. The van der Waals surface area contributed by atoms with Crippen LogP contribution in [0.15, 0.2) is 0 Å². The molecule has 4 nitrogen and oxygen atoms in total. The molecule has 40 valence electrons. The van der Waals surface area contributed by atoms with Gasteiger partial charge in [0.1, 0.15) is 0 Å². The zero-order valence-electron chi connectivity index (χ0n) is 2.53. The summed E-state index contributed by atoms with van der Waals surface area (Å²) in [6.45, 7) is 0. The maximum atomic E-state index is 8.74. The number of rotatable bonds is 0. The van der Waals surface area contributed by atoms with E-state index >= 15 is 0 Å². The van der Waals surface area contributed by atoms with Crippen molar-refractivity contribution in [3.8, 4) is 0 Å². The lowest BCUT2D eigenvalue weighted by molar-refractivity contribution is 0.381. The van der Waals surface area contributed by atoms with Crippen LogP contribution < -0.4 is 0 Å². The normalized spacial score (nSPS) is 9.67. The maximum absolute atomic E-state index is 8.74. The van der Waals surface area contributed by atoms with Crippen molar-refractivity contribution in [2.45, 2.75) is 0 Å². The van der Waals surface area contributed by atoms with E-state index < -0.39 is 10.4 Å². The molecule has 0 radical (unpaired) electrons. The predicted octanol–water partition coefficient (Wildman–Crippen LogP) is -0.231. The molecule has 6 heavy (non-hydrogen) atoms. The van der Waals surface area contributed by atoms with Gasteiger partial charge in [-0.3, -0.25) is 9.11 Å². The lowest BCUT2D eigenvalue weighted by atomic mass is 15.8. The summed E-state index contributed by atoms with van der Waals surface area (Å²) in [6.07, 6.45) is 0. The van der Waals surface area contributed by atoms with Crippen molar-refractivity contribution in [2.24, 2.45) is 0 Å². The molecule has 0 atom stereocenters. The second-order valence-corrected chi connectivity index (χ2v) is 1.34. The van der Waals surface area contributed by atoms with E-state index in [-0.39, 0.29) is 12.4 Å².